The highest BCUT2D eigenvalue weighted by molar-refractivity contribution is 7.99. The molecular weight excluding hydrogens is 423 g/mol. The van der Waals surface area contributed by atoms with Crippen molar-refractivity contribution < 1.29 is 14.0 Å². The summed E-state index contributed by atoms with van der Waals surface area (Å²) in [4.78, 5) is 28.1. The predicted octanol–water partition coefficient (Wildman–Crippen LogP) is 5.23. The van der Waals surface area contributed by atoms with E-state index < -0.39 is 6.04 Å². The molecule has 1 aliphatic carbocycles. The van der Waals surface area contributed by atoms with Crippen LogP contribution in [0.3, 0.4) is 0 Å². The quantitative estimate of drug-likeness (QED) is 0.532. The van der Waals surface area contributed by atoms with Crippen molar-refractivity contribution in [3.63, 3.8) is 0 Å². The topological polar surface area (TPSA) is 49.4 Å². The molecule has 0 saturated heterocycles. The SMILES string of the molecule is CC[C@H](C(=O)NC1CCCC1)N(Cc1ccccc1C)C(=O)CSCc1ccccc1F. The molecule has 1 aliphatic rings. The van der Waals surface area contributed by atoms with E-state index >= 15 is 0 Å². The molecule has 1 saturated carbocycles. The monoisotopic (exact) mass is 456 g/mol. The lowest BCUT2D eigenvalue weighted by Gasteiger charge is -2.32. The highest BCUT2D eigenvalue weighted by Crippen LogP contribution is 2.21. The summed E-state index contributed by atoms with van der Waals surface area (Å²) in [7, 11) is 0. The van der Waals surface area contributed by atoms with Crippen molar-refractivity contribution in [2.45, 2.75) is 70.3 Å². The summed E-state index contributed by atoms with van der Waals surface area (Å²) in [5, 5.41) is 3.17. The third kappa shape index (κ3) is 6.58. The number of rotatable bonds is 10. The molecule has 2 aromatic carbocycles. The fraction of sp³-hybridized carbons (Fsp3) is 0.462. The van der Waals surface area contributed by atoms with Gasteiger partial charge in [0.05, 0.1) is 5.75 Å². The van der Waals surface area contributed by atoms with Crippen LogP contribution in [0.25, 0.3) is 0 Å². The molecule has 0 bridgehead atoms. The zero-order valence-electron chi connectivity index (χ0n) is 19.0. The second-order valence-electron chi connectivity index (χ2n) is 8.45. The number of amides is 2. The van der Waals surface area contributed by atoms with Crippen LogP contribution in [0.2, 0.25) is 0 Å². The number of carbonyl (C=O) groups excluding carboxylic acids is 2. The number of hydrogen-bond acceptors (Lipinski definition) is 3. The van der Waals surface area contributed by atoms with Gasteiger partial charge in [0.15, 0.2) is 0 Å². The van der Waals surface area contributed by atoms with Crippen LogP contribution in [-0.4, -0.2) is 34.6 Å². The lowest BCUT2D eigenvalue weighted by molar-refractivity contribution is -0.139. The van der Waals surface area contributed by atoms with Gasteiger partial charge in [0, 0.05) is 18.3 Å². The van der Waals surface area contributed by atoms with E-state index in [0.717, 1.165) is 36.8 Å². The number of thioether (sulfide) groups is 1. The first kappa shape index (κ1) is 24.3. The minimum atomic E-state index is -0.517. The van der Waals surface area contributed by atoms with E-state index in [0.29, 0.717) is 24.3 Å². The maximum atomic E-state index is 13.9. The maximum Gasteiger partial charge on any atom is 0.243 e. The largest absolute Gasteiger partial charge is 0.352 e. The van der Waals surface area contributed by atoms with Crippen molar-refractivity contribution in [1.82, 2.24) is 10.2 Å². The molecule has 172 valence electrons. The van der Waals surface area contributed by atoms with E-state index in [4.69, 9.17) is 0 Å². The number of hydrogen-bond donors (Lipinski definition) is 1. The maximum absolute atomic E-state index is 13.9. The standard InChI is InChI=1S/C26H33FN2O2S/c1-3-24(26(31)28-22-13-7-8-14-22)29(16-20-11-5-4-10-19(20)2)25(30)18-32-17-21-12-6-9-15-23(21)27/h4-6,9-12,15,22,24H,3,7-8,13-14,16-18H2,1-2H3,(H,28,31)/t24-/m1/s1. The summed E-state index contributed by atoms with van der Waals surface area (Å²) >= 11 is 1.38. The van der Waals surface area contributed by atoms with Gasteiger partial charge < -0.3 is 10.2 Å². The summed E-state index contributed by atoms with van der Waals surface area (Å²) in [5.41, 5.74) is 2.71. The lowest BCUT2D eigenvalue weighted by Crippen LogP contribution is -2.51. The summed E-state index contributed by atoms with van der Waals surface area (Å²) in [5.74, 6) is 0.199. The highest BCUT2D eigenvalue weighted by atomic mass is 32.2. The normalized spacial score (nSPS) is 14.8. The van der Waals surface area contributed by atoms with Gasteiger partial charge in [-0.2, -0.15) is 0 Å². The molecule has 32 heavy (non-hydrogen) atoms. The third-order valence-corrected chi connectivity index (χ3v) is 7.10. The van der Waals surface area contributed by atoms with Gasteiger partial charge in [0.1, 0.15) is 11.9 Å². The predicted molar refractivity (Wildman–Crippen MR) is 129 cm³/mol. The first-order valence-electron chi connectivity index (χ1n) is 11.4. The van der Waals surface area contributed by atoms with Gasteiger partial charge in [-0.3, -0.25) is 9.59 Å². The number of benzene rings is 2. The first-order chi connectivity index (χ1) is 15.5. The van der Waals surface area contributed by atoms with E-state index in [1.807, 2.05) is 38.1 Å². The Balaban J connectivity index is 1.72. The molecule has 0 aliphatic heterocycles. The van der Waals surface area contributed by atoms with Crippen LogP contribution in [0, 0.1) is 12.7 Å². The van der Waals surface area contributed by atoms with Gasteiger partial charge in [0.25, 0.3) is 0 Å². The molecule has 2 amide bonds. The number of carbonyl (C=O) groups is 2. The molecule has 3 rings (SSSR count). The molecule has 6 heteroatoms. The Morgan fingerprint density at radius 1 is 1.09 bits per heavy atom. The van der Waals surface area contributed by atoms with Crippen molar-refractivity contribution in [2.24, 2.45) is 0 Å². The van der Waals surface area contributed by atoms with Gasteiger partial charge in [-0.05, 0) is 48.9 Å². The smallest absolute Gasteiger partial charge is 0.243 e. The molecule has 0 aromatic heterocycles. The fourth-order valence-corrected chi connectivity index (χ4v) is 5.10. The molecular formula is C26H33FN2O2S. The Morgan fingerprint density at radius 3 is 2.41 bits per heavy atom. The van der Waals surface area contributed by atoms with Crippen LogP contribution >= 0.6 is 11.8 Å². The molecule has 4 nitrogen and oxygen atoms in total. The average Bonchev–Trinajstić information content (AvgIpc) is 3.29. The molecule has 0 heterocycles. The minimum absolute atomic E-state index is 0.0690. The van der Waals surface area contributed by atoms with E-state index in [1.54, 1.807) is 23.1 Å². The Bertz CT molecular complexity index is 914. The molecule has 1 N–H and O–H groups in total. The van der Waals surface area contributed by atoms with Crippen molar-refractivity contribution in [2.75, 3.05) is 5.75 Å². The van der Waals surface area contributed by atoms with Crippen LogP contribution in [0.5, 0.6) is 0 Å². The summed E-state index contributed by atoms with van der Waals surface area (Å²) < 4.78 is 13.9. The molecule has 0 unspecified atom stereocenters. The summed E-state index contributed by atoms with van der Waals surface area (Å²) in [6.07, 6.45) is 4.84. The number of aryl methyl sites for hydroxylation is 1. The van der Waals surface area contributed by atoms with Crippen LogP contribution in [0.4, 0.5) is 4.39 Å². The Kier molecular flexibility index (Phi) is 9.15. The Hall–Kier alpha value is -2.34. The number of nitrogens with one attached hydrogen (secondary N) is 1. The number of nitrogens with zero attached hydrogens (tertiary/aromatic N) is 1. The molecule has 2 aromatic rings. The van der Waals surface area contributed by atoms with Crippen LogP contribution < -0.4 is 5.32 Å². The van der Waals surface area contributed by atoms with Crippen molar-refractivity contribution in [1.29, 1.82) is 0 Å². The van der Waals surface area contributed by atoms with Gasteiger partial charge in [-0.15, -0.1) is 11.8 Å². The summed E-state index contributed by atoms with van der Waals surface area (Å²) in [6, 6.07) is 14.3. The van der Waals surface area contributed by atoms with Crippen LogP contribution in [0.1, 0.15) is 55.7 Å². The number of halogens is 1. The van der Waals surface area contributed by atoms with Gasteiger partial charge in [-0.25, -0.2) is 4.39 Å². The lowest BCUT2D eigenvalue weighted by atomic mass is 10.1. The minimum Gasteiger partial charge on any atom is -0.352 e. The zero-order valence-corrected chi connectivity index (χ0v) is 19.8. The van der Waals surface area contributed by atoms with Gasteiger partial charge in [-0.1, -0.05) is 62.2 Å². The molecule has 0 spiro atoms. The van der Waals surface area contributed by atoms with E-state index in [2.05, 4.69) is 5.32 Å². The molecule has 1 fully saturated rings. The zero-order chi connectivity index (χ0) is 22.9. The highest BCUT2D eigenvalue weighted by Gasteiger charge is 2.30. The average molecular weight is 457 g/mol. The second kappa shape index (κ2) is 12.0. The molecule has 1 atom stereocenters. The summed E-state index contributed by atoms with van der Waals surface area (Å²) in [6.45, 7) is 4.36. The van der Waals surface area contributed by atoms with E-state index in [9.17, 15) is 14.0 Å². The first-order valence-corrected chi connectivity index (χ1v) is 12.6. The van der Waals surface area contributed by atoms with E-state index in [-0.39, 0.29) is 29.4 Å². The van der Waals surface area contributed by atoms with E-state index in [1.165, 1.54) is 17.8 Å². The van der Waals surface area contributed by atoms with Crippen molar-refractivity contribution in [3.8, 4) is 0 Å². The van der Waals surface area contributed by atoms with Gasteiger partial charge >= 0.3 is 0 Å². The Labute approximate surface area is 195 Å². The second-order valence-corrected chi connectivity index (χ2v) is 9.43. The van der Waals surface area contributed by atoms with Gasteiger partial charge in [0.2, 0.25) is 11.8 Å². The van der Waals surface area contributed by atoms with Crippen LogP contribution in [0.15, 0.2) is 48.5 Å². The van der Waals surface area contributed by atoms with Crippen molar-refractivity contribution in [3.05, 3.63) is 71.0 Å². The third-order valence-electron chi connectivity index (χ3n) is 6.13. The Morgan fingerprint density at radius 2 is 1.75 bits per heavy atom. The molecule has 0 radical (unpaired) electrons. The fourth-order valence-electron chi connectivity index (χ4n) is 4.20. The van der Waals surface area contributed by atoms with Crippen molar-refractivity contribution >= 4 is 23.6 Å². The van der Waals surface area contributed by atoms with Crippen LogP contribution in [-0.2, 0) is 21.9 Å².